The number of fused-ring (bicyclic) bond motifs is 2. The van der Waals surface area contributed by atoms with E-state index in [1.807, 2.05) is 0 Å². The number of benzene rings is 2. The van der Waals surface area contributed by atoms with Crippen molar-refractivity contribution in [2.45, 2.75) is 32.6 Å². The van der Waals surface area contributed by atoms with E-state index in [-0.39, 0.29) is 5.57 Å². The second kappa shape index (κ2) is 6.38. The number of rotatable bonds is 1. The average molecular weight is 268 g/mol. The van der Waals surface area contributed by atoms with Crippen LogP contribution < -0.4 is 0 Å². The Kier molecular flexibility index (Phi) is 4.57. The van der Waals surface area contributed by atoms with E-state index in [1.54, 1.807) is 11.1 Å². The first-order chi connectivity index (χ1) is 9.58. The lowest BCUT2D eigenvalue weighted by atomic mass is 9.89. The van der Waals surface area contributed by atoms with Crippen molar-refractivity contribution in [3.63, 3.8) is 0 Å². The summed E-state index contributed by atoms with van der Waals surface area (Å²) in [6.07, 6.45) is 5.29. The molecule has 1 aliphatic carbocycles. The molecule has 0 bridgehead atoms. The van der Waals surface area contributed by atoms with E-state index in [1.165, 1.54) is 43.4 Å². The van der Waals surface area contributed by atoms with Crippen LogP contribution >= 0.6 is 0 Å². The maximum atomic E-state index is 9.60. The van der Waals surface area contributed by atoms with Crippen molar-refractivity contribution in [1.29, 1.82) is 0 Å². The van der Waals surface area contributed by atoms with E-state index in [4.69, 9.17) is 5.11 Å². The molecule has 0 saturated carbocycles. The van der Waals surface area contributed by atoms with Gasteiger partial charge >= 0.3 is 5.97 Å². The first-order valence-electron chi connectivity index (χ1n) is 6.97. The third-order valence-electron chi connectivity index (χ3n) is 3.58. The average Bonchev–Trinajstić information content (AvgIpc) is 2.45. The minimum Gasteiger partial charge on any atom is -0.478 e. The number of carbonyl (C=O) groups is 1. The van der Waals surface area contributed by atoms with Gasteiger partial charge in [0.15, 0.2) is 0 Å². The van der Waals surface area contributed by atoms with Gasteiger partial charge in [0.1, 0.15) is 0 Å². The molecular weight excluding hydrogens is 248 g/mol. The van der Waals surface area contributed by atoms with Crippen LogP contribution in [0.2, 0.25) is 0 Å². The van der Waals surface area contributed by atoms with Gasteiger partial charge < -0.3 is 5.11 Å². The molecule has 2 aromatic carbocycles. The molecule has 0 unspecified atom stereocenters. The first kappa shape index (κ1) is 14.3. The quantitative estimate of drug-likeness (QED) is 0.780. The van der Waals surface area contributed by atoms with E-state index in [0.717, 1.165) is 0 Å². The van der Waals surface area contributed by atoms with Crippen molar-refractivity contribution in [3.8, 4) is 0 Å². The van der Waals surface area contributed by atoms with Gasteiger partial charge in [-0.15, -0.1) is 0 Å². The summed E-state index contributed by atoms with van der Waals surface area (Å²) in [5, 5.41) is 10.7. The molecule has 0 heterocycles. The topological polar surface area (TPSA) is 37.3 Å². The zero-order chi connectivity index (χ0) is 14.5. The number of aryl methyl sites for hydroxylation is 2. The van der Waals surface area contributed by atoms with Crippen molar-refractivity contribution in [2.75, 3.05) is 0 Å². The molecule has 20 heavy (non-hydrogen) atoms. The highest BCUT2D eigenvalue weighted by Gasteiger charge is 2.09. The molecule has 1 N–H and O–H groups in total. The summed E-state index contributed by atoms with van der Waals surface area (Å²) in [6, 6.07) is 13.4. The van der Waals surface area contributed by atoms with Gasteiger partial charge in [-0.2, -0.15) is 0 Å². The normalized spacial score (nSPS) is 13.1. The van der Waals surface area contributed by atoms with Crippen LogP contribution in [0, 0.1) is 0 Å². The largest absolute Gasteiger partial charge is 0.478 e. The van der Waals surface area contributed by atoms with Gasteiger partial charge in [-0.1, -0.05) is 43.0 Å². The number of carboxylic acids is 1. The van der Waals surface area contributed by atoms with Crippen molar-refractivity contribution < 1.29 is 9.90 Å². The van der Waals surface area contributed by atoms with Gasteiger partial charge in [-0.05, 0) is 54.5 Å². The van der Waals surface area contributed by atoms with E-state index >= 15 is 0 Å². The predicted molar refractivity (Wildman–Crippen MR) is 83.0 cm³/mol. The summed E-state index contributed by atoms with van der Waals surface area (Å²) >= 11 is 0. The lowest BCUT2D eigenvalue weighted by molar-refractivity contribution is -0.132. The maximum Gasteiger partial charge on any atom is 0.330 e. The number of hydrogen-bond donors (Lipinski definition) is 1. The SMILES string of the molecule is C=C(C)C(=O)O.c1ccc2cc3c(cc2c1)CCCC3. The van der Waals surface area contributed by atoms with Crippen LogP contribution in [0.3, 0.4) is 0 Å². The smallest absolute Gasteiger partial charge is 0.330 e. The van der Waals surface area contributed by atoms with Gasteiger partial charge in [0, 0.05) is 5.57 Å². The zero-order valence-electron chi connectivity index (χ0n) is 11.9. The van der Waals surface area contributed by atoms with Crippen molar-refractivity contribution >= 4 is 16.7 Å². The summed E-state index contributed by atoms with van der Waals surface area (Å²) in [6.45, 7) is 4.60. The molecule has 2 nitrogen and oxygen atoms in total. The minimum absolute atomic E-state index is 0.176. The van der Waals surface area contributed by atoms with Gasteiger partial charge in [-0.3, -0.25) is 0 Å². The third kappa shape index (κ3) is 3.47. The Bertz CT molecular complexity index is 584. The molecular formula is C18H20O2. The van der Waals surface area contributed by atoms with E-state index in [9.17, 15) is 4.79 Å². The molecule has 104 valence electrons. The zero-order valence-corrected chi connectivity index (χ0v) is 11.9. The Labute approximate surface area is 119 Å². The highest BCUT2D eigenvalue weighted by Crippen LogP contribution is 2.26. The Morgan fingerprint density at radius 2 is 1.45 bits per heavy atom. The Morgan fingerprint density at radius 1 is 1.05 bits per heavy atom. The van der Waals surface area contributed by atoms with Gasteiger partial charge in [0.25, 0.3) is 0 Å². The number of hydrogen-bond acceptors (Lipinski definition) is 1. The van der Waals surface area contributed by atoms with Crippen LogP contribution in [0.5, 0.6) is 0 Å². The molecule has 0 spiro atoms. The molecule has 0 saturated heterocycles. The Balaban J connectivity index is 0.000000212. The number of carboxylic acid groups (broad SMARTS) is 1. The van der Waals surface area contributed by atoms with Crippen molar-refractivity contribution in [2.24, 2.45) is 0 Å². The summed E-state index contributed by atoms with van der Waals surface area (Å²) < 4.78 is 0. The lowest BCUT2D eigenvalue weighted by Gasteiger charge is -2.16. The fourth-order valence-corrected chi connectivity index (χ4v) is 2.43. The van der Waals surface area contributed by atoms with Crippen LogP contribution in [0.1, 0.15) is 30.9 Å². The Hall–Kier alpha value is -2.09. The summed E-state index contributed by atoms with van der Waals surface area (Å²) in [4.78, 5) is 9.60. The fraction of sp³-hybridized carbons (Fsp3) is 0.278. The summed E-state index contributed by atoms with van der Waals surface area (Å²) in [5.74, 6) is -0.935. The molecule has 2 aromatic rings. The van der Waals surface area contributed by atoms with Crippen LogP contribution in [0.25, 0.3) is 10.8 Å². The first-order valence-corrected chi connectivity index (χ1v) is 6.97. The monoisotopic (exact) mass is 268 g/mol. The van der Waals surface area contributed by atoms with E-state index < -0.39 is 5.97 Å². The van der Waals surface area contributed by atoms with Crippen LogP contribution in [-0.2, 0) is 17.6 Å². The molecule has 1 aliphatic rings. The highest BCUT2D eigenvalue weighted by atomic mass is 16.4. The van der Waals surface area contributed by atoms with Gasteiger partial charge in [-0.25, -0.2) is 4.79 Å². The molecule has 2 heteroatoms. The van der Waals surface area contributed by atoms with E-state index in [0.29, 0.717) is 0 Å². The maximum absolute atomic E-state index is 9.60. The van der Waals surface area contributed by atoms with Gasteiger partial charge in [0.05, 0.1) is 0 Å². The fourth-order valence-electron chi connectivity index (χ4n) is 2.43. The van der Waals surface area contributed by atoms with Crippen molar-refractivity contribution in [3.05, 3.63) is 59.7 Å². The molecule has 0 atom stereocenters. The third-order valence-corrected chi connectivity index (χ3v) is 3.58. The van der Waals surface area contributed by atoms with Crippen molar-refractivity contribution in [1.82, 2.24) is 0 Å². The lowest BCUT2D eigenvalue weighted by Crippen LogP contribution is -2.01. The Morgan fingerprint density at radius 3 is 1.80 bits per heavy atom. The second-order valence-corrected chi connectivity index (χ2v) is 5.26. The van der Waals surface area contributed by atoms with Crippen LogP contribution in [0.4, 0.5) is 0 Å². The van der Waals surface area contributed by atoms with Crippen LogP contribution in [0.15, 0.2) is 48.6 Å². The molecule has 0 aliphatic heterocycles. The molecule has 3 rings (SSSR count). The molecule has 0 aromatic heterocycles. The minimum atomic E-state index is -0.935. The van der Waals surface area contributed by atoms with Gasteiger partial charge in [0.2, 0.25) is 0 Å². The predicted octanol–water partition coefficient (Wildman–Crippen LogP) is 4.37. The highest BCUT2D eigenvalue weighted by molar-refractivity contribution is 5.85. The van der Waals surface area contributed by atoms with E-state index in [2.05, 4.69) is 43.0 Å². The summed E-state index contributed by atoms with van der Waals surface area (Å²) in [5.41, 5.74) is 3.33. The molecule has 0 amide bonds. The summed E-state index contributed by atoms with van der Waals surface area (Å²) in [7, 11) is 0. The number of aliphatic carboxylic acids is 1. The molecule has 0 fully saturated rings. The second-order valence-electron chi connectivity index (χ2n) is 5.26. The standard InChI is InChI=1S/C14H14.C4H6O2/c1-2-6-12-10-14-8-4-3-7-13(14)9-11(12)5-1;1-3(2)4(5)6/h1-2,5-6,9-10H,3-4,7-8H2;1H2,2H3,(H,5,6). The molecule has 0 radical (unpaired) electrons. The van der Waals surface area contributed by atoms with Crippen LogP contribution in [-0.4, -0.2) is 11.1 Å².